The van der Waals surface area contributed by atoms with Gasteiger partial charge in [0.15, 0.2) is 0 Å². The van der Waals surface area contributed by atoms with E-state index in [2.05, 4.69) is 20.7 Å². The molecule has 1 aliphatic rings. The van der Waals surface area contributed by atoms with Gasteiger partial charge in [-0.1, -0.05) is 0 Å². The van der Waals surface area contributed by atoms with Crippen molar-refractivity contribution in [2.45, 2.75) is 44.4 Å². The Morgan fingerprint density at radius 1 is 1.20 bits per heavy atom. The van der Waals surface area contributed by atoms with Crippen molar-refractivity contribution in [2.24, 2.45) is 0 Å². The van der Waals surface area contributed by atoms with Crippen molar-refractivity contribution < 1.29 is 9.59 Å². The molecule has 0 atom stereocenters. The Bertz CT molecular complexity index is 795. The monoisotopic (exact) mass is 359 g/mol. The molecule has 8 heteroatoms. The third-order valence-corrected chi connectivity index (χ3v) is 4.80. The molecule has 0 aromatic carbocycles. The highest BCUT2D eigenvalue weighted by Crippen LogP contribution is 2.37. The average Bonchev–Trinajstić information content (AvgIpc) is 3.15. The molecule has 0 bridgehead atoms. The van der Waals surface area contributed by atoms with E-state index < -0.39 is 11.8 Å². The first-order chi connectivity index (χ1) is 11.9. The molecule has 132 valence electrons. The highest BCUT2D eigenvalue weighted by molar-refractivity contribution is 7.98. The molecule has 7 nitrogen and oxygen atoms in total. The fraction of sp³-hybridized carbons (Fsp3) is 0.412. The SMILES string of the molecule is CC(C)(C)n1nc2c(c1NC(=O)C(=O)NCc1ccncc1)CSC2. The molecule has 0 spiro atoms. The maximum absolute atomic E-state index is 12.3. The van der Waals surface area contributed by atoms with E-state index in [1.165, 1.54) is 0 Å². The summed E-state index contributed by atoms with van der Waals surface area (Å²) in [7, 11) is 0. The summed E-state index contributed by atoms with van der Waals surface area (Å²) in [6, 6.07) is 3.58. The zero-order valence-corrected chi connectivity index (χ0v) is 15.3. The highest BCUT2D eigenvalue weighted by Gasteiger charge is 2.29. The Morgan fingerprint density at radius 2 is 1.92 bits per heavy atom. The number of aromatic nitrogens is 3. The number of nitrogens with one attached hydrogen (secondary N) is 2. The van der Waals surface area contributed by atoms with Gasteiger partial charge >= 0.3 is 11.8 Å². The number of thioether (sulfide) groups is 1. The van der Waals surface area contributed by atoms with E-state index in [-0.39, 0.29) is 12.1 Å². The third kappa shape index (κ3) is 3.84. The Balaban J connectivity index is 1.71. The van der Waals surface area contributed by atoms with Crippen LogP contribution in [0.4, 0.5) is 5.82 Å². The summed E-state index contributed by atoms with van der Waals surface area (Å²) in [6.45, 7) is 6.33. The number of hydrogen-bond donors (Lipinski definition) is 2. The van der Waals surface area contributed by atoms with Crippen LogP contribution < -0.4 is 10.6 Å². The van der Waals surface area contributed by atoms with Gasteiger partial charge in [0.2, 0.25) is 0 Å². The van der Waals surface area contributed by atoms with Crippen LogP contribution in [0.1, 0.15) is 37.6 Å². The van der Waals surface area contributed by atoms with Crippen molar-refractivity contribution in [3.05, 3.63) is 41.3 Å². The average molecular weight is 359 g/mol. The van der Waals surface area contributed by atoms with Gasteiger partial charge in [-0.15, -0.1) is 0 Å². The lowest BCUT2D eigenvalue weighted by atomic mass is 10.1. The molecule has 2 aromatic rings. The van der Waals surface area contributed by atoms with Crippen LogP contribution in [0.2, 0.25) is 0 Å². The molecule has 2 N–H and O–H groups in total. The van der Waals surface area contributed by atoms with E-state index in [0.29, 0.717) is 5.82 Å². The topological polar surface area (TPSA) is 88.9 Å². The molecular weight excluding hydrogens is 338 g/mol. The zero-order chi connectivity index (χ0) is 18.0. The number of nitrogens with zero attached hydrogens (tertiary/aromatic N) is 3. The number of anilines is 1. The van der Waals surface area contributed by atoms with Gasteiger partial charge in [0.05, 0.1) is 11.2 Å². The van der Waals surface area contributed by atoms with Crippen LogP contribution in [-0.2, 0) is 33.2 Å². The molecule has 0 fully saturated rings. The van der Waals surface area contributed by atoms with Crippen LogP contribution in [0.25, 0.3) is 0 Å². The van der Waals surface area contributed by atoms with Crippen LogP contribution >= 0.6 is 11.8 Å². The Hall–Kier alpha value is -2.35. The fourth-order valence-corrected chi connectivity index (χ4v) is 3.59. The molecule has 3 rings (SSSR count). The van der Waals surface area contributed by atoms with Gasteiger partial charge in [-0.25, -0.2) is 4.68 Å². The van der Waals surface area contributed by atoms with Crippen LogP contribution in [0.3, 0.4) is 0 Å². The molecule has 0 saturated heterocycles. The largest absolute Gasteiger partial charge is 0.344 e. The van der Waals surface area contributed by atoms with E-state index in [1.807, 2.05) is 20.8 Å². The Kier molecular flexibility index (Phi) is 4.80. The van der Waals surface area contributed by atoms with Gasteiger partial charge in [-0.2, -0.15) is 16.9 Å². The van der Waals surface area contributed by atoms with Crippen molar-refractivity contribution in [2.75, 3.05) is 5.32 Å². The summed E-state index contributed by atoms with van der Waals surface area (Å²) in [5.74, 6) is 0.892. The Morgan fingerprint density at radius 3 is 2.60 bits per heavy atom. The first kappa shape index (κ1) is 17.5. The number of carbonyl (C=O) groups excluding carboxylic acids is 2. The minimum atomic E-state index is -0.681. The van der Waals surface area contributed by atoms with Gasteiger partial charge in [0, 0.05) is 36.0 Å². The predicted octanol–water partition coefficient (Wildman–Crippen LogP) is 2.03. The summed E-state index contributed by atoms with van der Waals surface area (Å²) in [6.07, 6.45) is 3.29. The molecule has 0 radical (unpaired) electrons. The quantitative estimate of drug-likeness (QED) is 0.819. The van der Waals surface area contributed by atoms with Crippen LogP contribution in [0, 0.1) is 0 Å². The van der Waals surface area contributed by atoms with Crippen LogP contribution in [0.5, 0.6) is 0 Å². The molecule has 2 amide bonds. The molecule has 3 heterocycles. The zero-order valence-electron chi connectivity index (χ0n) is 14.5. The number of hydrogen-bond acceptors (Lipinski definition) is 5. The second-order valence-corrected chi connectivity index (χ2v) is 7.83. The number of carbonyl (C=O) groups is 2. The molecule has 25 heavy (non-hydrogen) atoms. The van der Waals surface area contributed by atoms with Crippen LogP contribution in [0.15, 0.2) is 24.5 Å². The lowest BCUT2D eigenvalue weighted by Crippen LogP contribution is -2.36. The van der Waals surface area contributed by atoms with Gasteiger partial charge in [0.25, 0.3) is 0 Å². The van der Waals surface area contributed by atoms with E-state index in [0.717, 1.165) is 28.3 Å². The maximum Gasteiger partial charge on any atom is 0.314 e. The van der Waals surface area contributed by atoms with E-state index in [1.54, 1.807) is 41.0 Å². The predicted molar refractivity (Wildman–Crippen MR) is 96.9 cm³/mol. The molecular formula is C17H21N5O2S. The van der Waals surface area contributed by atoms with Crippen molar-refractivity contribution in [3.63, 3.8) is 0 Å². The smallest absolute Gasteiger partial charge is 0.314 e. The van der Waals surface area contributed by atoms with E-state index >= 15 is 0 Å². The first-order valence-corrected chi connectivity index (χ1v) is 9.19. The molecule has 2 aromatic heterocycles. The molecule has 0 unspecified atom stereocenters. The van der Waals surface area contributed by atoms with Crippen molar-refractivity contribution in [1.82, 2.24) is 20.1 Å². The number of rotatable bonds is 3. The van der Waals surface area contributed by atoms with Crippen molar-refractivity contribution in [3.8, 4) is 0 Å². The number of amides is 2. The van der Waals surface area contributed by atoms with E-state index in [4.69, 9.17) is 0 Å². The van der Waals surface area contributed by atoms with Gasteiger partial charge in [0.1, 0.15) is 5.82 Å². The normalized spacial score (nSPS) is 13.4. The lowest BCUT2D eigenvalue weighted by molar-refractivity contribution is -0.136. The summed E-state index contributed by atoms with van der Waals surface area (Å²) >= 11 is 1.75. The number of fused-ring (bicyclic) bond motifs is 1. The van der Waals surface area contributed by atoms with E-state index in [9.17, 15) is 9.59 Å². The van der Waals surface area contributed by atoms with Crippen molar-refractivity contribution in [1.29, 1.82) is 0 Å². The summed E-state index contributed by atoms with van der Waals surface area (Å²) in [5.41, 5.74) is 2.58. The molecule has 0 saturated carbocycles. The lowest BCUT2D eigenvalue weighted by Gasteiger charge is -2.23. The van der Waals surface area contributed by atoms with Gasteiger partial charge in [-0.3, -0.25) is 14.6 Å². The third-order valence-electron chi connectivity index (χ3n) is 3.83. The number of pyridine rings is 1. The first-order valence-electron chi connectivity index (χ1n) is 8.03. The van der Waals surface area contributed by atoms with Gasteiger partial charge < -0.3 is 10.6 Å². The summed E-state index contributed by atoms with van der Waals surface area (Å²) in [4.78, 5) is 28.4. The minimum Gasteiger partial charge on any atom is -0.344 e. The van der Waals surface area contributed by atoms with Gasteiger partial charge in [-0.05, 0) is 38.5 Å². The minimum absolute atomic E-state index is 0.279. The Labute approximate surface area is 150 Å². The second kappa shape index (κ2) is 6.87. The second-order valence-electron chi connectivity index (χ2n) is 6.84. The highest BCUT2D eigenvalue weighted by atomic mass is 32.2. The fourth-order valence-electron chi connectivity index (χ4n) is 2.55. The summed E-state index contributed by atoms with van der Waals surface area (Å²) < 4.78 is 1.80. The molecule has 1 aliphatic heterocycles. The van der Waals surface area contributed by atoms with Crippen molar-refractivity contribution >= 4 is 29.4 Å². The van der Waals surface area contributed by atoms with Crippen LogP contribution in [-0.4, -0.2) is 26.6 Å². The summed E-state index contributed by atoms with van der Waals surface area (Å²) in [5, 5.41) is 9.99. The maximum atomic E-state index is 12.3. The molecule has 0 aliphatic carbocycles. The standard InChI is InChI=1S/C17H21N5O2S/c1-17(2,3)22-14(12-9-25-10-13(12)21-22)20-16(24)15(23)19-8-11-4-6-18-7-5-11/h4-7H,8-10H2,1-3H3,(H,19,23)(H,20,24).